The van der Waals surface area contributed by atoms with Gasteiger partial charge in [-0.3, -0.25) is 4.79 Å². The second kappa shape index (κ2) is 5.43. The molecule has 2 atom stereocenters. The van der Waals surface area contributed by atoms with E-state index in [-0.39, 0.29) is 30.6 Å². The van der Waals surface area contributed by atoms with Crippen molar-refractivity contribution in [3.05, 3.63) is 0 Å². The summed E-state index contributed by atoms with van der Waals surface area (Å²) in [6, 6.07) is 0.352. The van der Waals surface area contributed by atoms with Gasteiger partial charge in [0.05, 0.1) is 6.04 Å². The molecule has 22 heavy (non-hydrogen) atoms. The van der Waals surface area contributed by atoms with Gasteiger partial charge in [-0.05, 0) is 49.9 Å². The number of nitrogens with one attached hydrogen (secondary N) is 2. The lowest BCUT2D eigenvalue weighted by molar-refractivity contribution is -0.126. The maximum absolute atomic E-state index is 12.7. The topological polar surface area (TPSA) is 61.4 Å². The summed E-state index contributed by atoms with van der Waals surface area (Å²) in [5.41, 5.74) is 0.389. The monoisotopic (exact) mass is 305 g/mol. The number of fused-ring (bicyclic) bond motifs is 1. The molecule has 0 spiro atoms. The molecule has 3 saturated carbocycles. The lowest BCUT2D eigenvalue weighted by Gasteiger charge is -2.46. The summed E-state index contributed by atoms with van der Waals surface area (Å²) in [5.74, 6) is 0.840. The minimum Gasteiger partial charge on any atom is -0.350 e. The first-order chi connectivity index (χ1) is 10.7. The van der Waals surface area contributed by atoms with E-state index in [4.69, 9.17) is 0 Å². The van der Waals surface area contributed by atoms with Crippen LogP contribution in [0.15, 0.2) is 0 Å². The summed E-state index contributed by atoms with van der Waals surface area (Å²) in [6.45, 7) is 1.04. The van der Waals surface area contributed by atoms with Gasteiger partial charge in [0.2, 0.25) is 5.91 Å². The Bertz CT molecular complexity index is 471. The number of amides is 3. The van der Waals surface area contributed by atoms with Crippen molar-refractivity contribution in [3.8, 4) is 0 Å². The number of nitrogens with zero attached hydrogens (tertiary/aromatic N) is 1. The van der Waals surface area contributed by atoms with Gasteiger partial charge < -0.3 is 15.5 Å². The molecule has 0 unspecified atom stereocenters. The maximum Gasteiger partial charge on any atom is 0.318 e. The third-order valence-electron chi connectivity index (χ3n) is 6.44. The summed E-state index contributed by atoms with van der Waals surface area (Å²) < 4.78 is 0. The molecule has 5 nitrogen and oxygen atoms in total. The Kier molecular flexibility index (Phi) is 3.54. The standard InChI is InChI=1S/C17H27N3O2/c21-15-10-20(14-5-2-1-4-13(14)19-15)16(22)18-11-17(8-3-9-17)12-6-7-12/h12-14H,1-11H2,(H,18,22)(H,19,21)/t13-,14-/m0/s1. The molecule has 0 radical (unpaired) electrons. The fourth-order valence-electron chi connectivity index (χ4n) is 4.81. The normalized spacial score (nSPS) is 33.5. The first-order valence-corrected chi connectivity index (χ1v) is 9.02. The van der Waals surface area contributed by atoms with Gasteiger partial charge in [0.1, 0.15) is 6.54 Å². The fourth-order valence-corrected chi connectivity index (χ4v) is 4.81. The van der Waals surface area contributed by atoms with E-state index in [0.717, 1.165) is 38.1 Å². The number of hydrogen-bond acceptors (Lipinski definition) is 2. The minimum absolute atomic E-state index is 0.00106. The van der Waals surface area contributed by atoms with Crippen molar-refractivity contribution in [2.75, 3.05) is 13.1 Å². The SMILES string of the molecule is O=C1CN(C(=O)NCC2(C3CC3)CCC2)[C@H]2CCCC[C@@H]2N1. The van der Waals surface area contributed by atoms with Gasteiger partial charge in [-0.1, -0.05) is 19.3 Å². The summed E-state index contributed by atoms with van der Waals surface area (Å²) >= 11 is 0. The third kappa shape index (κ3) is 2.48. The van der Waals surface area contributed by atoms with Gasteiger partial charge in [0.15, 0.2) is 0 Å². The zero-order valence-corrected chi connectivity index (χ0v) is 13.3. The number of carbonyl (C=O) groups excluding carboxylic acids is 2. The second-order valence-electron chi connectivity index (χ2n) is 7.80. The number of urea groups is 1. The van der Waals surface area contributed by atoms with E-state index in [1.54, 1.807) is 0 Å². The number of rotatable bonds is 3. The highest BCUT2D eigenvalue weighted by atomic mass is 16.2. The minimum atomic E-state index is -0.0151. The highest BCUT2D eigenvalue weighted by Crippen LogP contribution is 2.56. The van der Waals surface area contributed by atoms with Gasteiger partial charge in [0.25, 0.3) is 0 Å². The Hall–Kier alpha value is -1.26. The summed E-state index contributed by atoms with van der Waals surface area (Å²) in [5, 5.41) is 6.24. The van der Waals surface area contributed by atoms with E-state index in [1.807, 2.05) is 4.90 Å². The summed E-state index contributed by atoms with van der Waals surface area (Å²) in [4.78, 5) is 26.4. The molecule has 4 rings (SSSR count). The lowest BCUT2D eigenvalue weighted by atomic mass is 9.65. The smallest absolute Gasteiger partial charge is 0.318 e. The third-order valence-corrected chi connectivity index (χ3v) is 6.44. The van der Waals surface area contributed by atoms with Crippen molar-refractivity contribution < 1.29 is 9.59 Å². The molecule has 0 aromatic heterocycles. The molecule has 4 fully saturated rings. The van der Waals surface area contributed by atoms with Crippen LogP contribution < -0.4 is 10.6 Å². The van der Waals surface area contributed by atoms with Crippen LogP contribution in [0.5, 0.6) is 0 Å². The van der Waals surface area contributed by atoms with Crippen molar-refractivity contribution >= 4 is 11.9 Å². The first kappa shape index (κ1) is 14.3. The van der Waals surface area contributed by atoms with E-state index >= 15 is 0 Å². The average Bonchev–Trinajstić information content (AvgIpc) is 3.30. The molecule has 3 aliphatic carbocycles. The van der Waals surface area contributed by atoms with Gasteiger partial charge >= 0.3 is 6.03 Å². The Morgan fingerprint density at radius 2 is 1.95 bits per heavy atom. The summed E-state index contributed by atoms with van der Waals surface area (Å²) in [7, 11) is 0. The quantitative estimate of drug-likeness (QED) is 0.838. The predicted molar refractivity (Wildman–Crippen MR) is 83.3 cm³/mol. The van der Waals surface area contributed by atoms with E-state index in [2.05, 4.69) is 10.6 Å². The fraction of sp³-hybridized carbons (Fsp3) is 0.882. The number of hydrogen-bond donors (Lipinski definition) is 2. The zero-order chi connectivity index (χ0) is 15.2. The van der Waals surface area contributed by atoms with Crippen LogP contribution in [0.3, 0.4) is 0 Å². The number of carbonyl (C=O) groups is 2. The Morgan fingerprint density at radius 3 is 2.64 bits per heavy atom. The van der Waals surface area contributed by atoms with Gasteiger partial charge in [0, 0.05) is 12.6 Å². The highest BCUT2D eigenvalue weighted by molar-refractivity contribution is 5.86. The molecule has 3 amide bonds. The van der Waals surface area contributed by atoms with Crippen LogP contribution in [0.1, 0.15) is 57.8 Å². The van der Waals surface area contributed by atoms with E-state index < -0.39 is 0 Å². The van der Waals surface area contributed by atoms with Crippen LogP contribution in [0.4, 0.5) is 4.79 Å². The van der Waals surface area contributed by atoms with Crippen LogP contribution in [0, 0.1) is 11.3 Å². The zero-order valence-electron chi connectivity index (χ0n) is 13.3. The second-order valence-corrected chi connectivity index (χ2v) is 7.80. The average molecular weight is 305 g/mol. The molecular formula is C17H27N3O2. The van der Waals surface area contributed by atoms with Crippen molar-refractivity contribution in [3.63, 3.8) is 0 Å². The van der Waals surface area contributed by atoms with Crippen LogP contribution in [-0.4, -0.2) is 42.0 Å². The van der Waals surface area contributed by atoms with E-state index in [9.17, 15) is 9.59 Å². The van der Waals surface area contributed by atoms with Crippen molar-refractivity contribution in [2.45, 2.75) is 69.9 Å². The molecule has 0 aromatic rings. The van der Waals surface area contributed by atoms with Crippen LogP contribution in [0.25, 0.3) is 0 Å². The Morgan fingerprint density at radius 1 is 1.18 bits per heavy atom. The Balaban J connectivity index is 1.39. The predicted octanol–water partition coefficient (Wildman–Crippen LogP) is 2.02. The van der Waals surface area contributed by atoms with Gasteiger partial charge in [-0.2, -0.15) is 0 Å². The molecule has 5 heteroatoms. The van der Waals surface area contributed by atoms with Crippen molar-refractivity contribution in [1.29, 1.82) is 0 Å². The molecule has 1 heterocycles. The molecule has 4 aliphatic rings. The van der Waals surface area contributed by atoms with Gasteiger partial charge in [-0.25, -0.2) is 4.79 Å². The van der Waals surface area contributed by atoms with Crippen LogP contribution in [0.2, 0.25) is 0 Å². The maximum atomic E-state index is 12.7. The van der Waals surface area contributed by atoms with E-state index in [0.29, 0.717) is 5.41 Å². The molecule has 0 bridgehead atoms. The lowest BCUT2D eigenvalue weighted by Crippen LogP contribution is -2.65. The molecule has 1 aliphatic heterocycles. The molecule has 122 valence electrons. The number of piperazine rings is 1. The first-order valence-electron chi connectivity index (χ1n) is 9.02. The van der Waals surface area contributed by atoms with Crippen LogP contribution in [-0.2, 0) is 4.79 Å². The summed E-state index contributed by atoms with van der Waals surface area (Å²) in [6.07, 6.45) is 10.9. The van der Waals surface area contributed by atoms with Gasteiger partial charge in [-0.15, -0.1) is 0 Å². The Labute approximate surface area is 132 Å². The van der Waals surface area contributed by atoms with Crippen LogP contribution >= 0.6 is 0 Å². The largest absolute Gasteiger partial charge is 0.350 e. The molecule has 2 N–H and O–H groups in total. The molecular weight excluding hydrogens is 278 g/mol. The van der Waals surface area contributed by atoms with Crippen molar-refractivity contribution in [2.24, 2.45) is 11.3 Å². The van der Waals surface area contributed by atoms with Crippen molar-refractivity contribution in [1.82, 2.24) is 15.5 Å². The molecule has 0 aromatic carbocycles. The highest BCUT2D eigenvalue weighted by Gasteiger charge is 2.49. The van der Waals surface area contributed by atoms with E-state index in [1.165, 1.54) is 32.1 Å². The molecule has 1 saturated heterocycles.